The average Bonchev–Trinajstić information content (AvgIpc) is 2.40. The Kier molecular flexibility index (Phi) is 16.4. The minimum atomic E-state index is 0.551. The van der Waals surface area contributed by atoms with Gasteiger partial charge in [-0.2, -0.15) is 0 Å². The first kappa shape index (κ1) is 22.8. The van der Waals surface area contributed by atoms with Crippen LogP contribution in [-0.4, -0.2) is 21.8 Å². The maximum absolute atomic E-state index is 4.02. The second-order valence-electron chi connectivity index (χ2n) is 3.84. The Morgan fingerprint density at radius 3 is 0.864 bits per heavy atom. The lowest BCUT2D eigenvalue weighted by atomic mass is 10.8. The van der Waals surface area contributed by atoms with E-state index in [-0.39, 0.29) is 0 Å². The molecule has 22 heavy (non-hydrogen) atoms. The molecule has 0 aromatic rings. The smallest absolute Gasteiger partial charge is 0.0403 e. The number of aliphatic imine (C=N–C) groups is 4. The molecular weight excluding hydrogens is 310 g/mol. The van der Waals surface area contributed by atoms with Crippen LogP contribution in [0.25, 0.3) is 0 Å². The molecule has 0 aromatic heterocycles. The fraction of sp³-hybridized carbons (Fsp3) is 0.250. The summed E-state index contributed by atoms with van der Waals surface area (Å²) >= 11 is 0. The van der Waals surface area contributed by atoms with Crippen LogP contribution in [-0.2, 0) is 0 Å². The van der Waals surface area contributed by atoms with E-state index < -0.39 is 0 Å². The Labute approximate surface area is 138 Å². The zero-order chi connectivity index (χ0) is 17.4. The van der Waals surface area contributed by atoms with E-state index in [1.165, 1.54) is 0 Å². The van der Waals surface area contributed by atoms with Crippen LogP contribution >= 0.6 is 17.2 Å². The summed E-state index contributed by atoms with van der Waals surface area (Å²) in [6.45, 7) is 21.9. The van der Waals surface area contributed by atoms with Gasteiger partial charge >= 0.3 is 0 Å². The third kappa shape index (κ3) is 16.6. The van der Waals surface area contributed by atoms with E-state index in [2.05, 4.69) is 46.3 Å². The number of nitrogens with zero attached hydrogens (tertiary/aromatic N) is 4. The van der Waals surface area contributed by atoms with E-state index in [1.807, 2.05) is 27.7 Å². The summed E-state index contributed by atoms with van der Waals surface area (Å²) in [5.74, 6) is 0. The Morgan fingerprint density at radius 2 is 0.727 bits per heavy atom. The molecule has 0 bridgehead atoms. The van der Waals surface area contributed by atoms with Gasteiger partial charge in [0.05, 0.1) is 0 Å². The Balaban J connectivity index is 0. The lowest BCUT2D eigenvalue weighted by Crippen LogP contribution is -1.85. The molecule has 0 radical (unpaired) electrons. The van der Waals surface area contributed by atoms with Crippen molar-refractivity contribution in [1.29, 1.82) is 0 Å². The molecule has 0 aromatic carbocycles. The zero-order valence-corrected chi connectivity index (χ0v) is 15.9. The highest BCUT2D eigenvalue weighted by Gasteiger charge is 1.92. The zero-order valence-electron chi connectivity index (χ0n) is 13.9. The first-order valence-corrected chi connectivity index (χ1v) is 8.56. The van der Waals surface area contributed by atoms with Gasteiger partial charge in [-0.3, -0.25) is 20.0 Å². The van der Waals surface area contributed by atoms with Crippen LogP contribution in [0.3, 0.4) is 0 Å². The van der Waals surface area contributed by atoms with Crippen molar-refractivity contribution in [3.05, 3.63) is 51.1 Å². The minimum absolute atomic E-state index is 0.551. The monoisotopic (exact) mass is 336 g/mol. The number of rotatable bonds is 8. The van der Waals surface area contributed by atoms with E-state index >= 15 is 0 Å². The Hall–Kier alpha value is -1.50. The Morgan fingerprint density at radius 1 is 0.545 bits per heavy atom. The van der Waals surface area contributed by atoms with Crippen LogP contribution in [0.4, 0.5) is 0 Å². The van der Waals surface area contributed by atoms with Crippen LogP contribution in [0.5, 0.6) is 0 Å². The minimum Gasteiger partial charge on any atom is -0.262 e. The van der Waals surface area contributed by atoms with E-state index in [0.29, 0.717) is 17.2 Å². The molecule has 0 N–H and O–H groups in total. The molecule has 0 fully saturated rings. The van der Waals surface area contributed by atoms with Gasteiger partial charge < -0.3 is 0 Å². The van der Waals surface area contributed by atoms with Gasteiger partial charge in [-0.1, -0.05) is 26.3 Å². The molecule has 4 nitrogen and oxygen atoms in total. The third-order valence-electron chi connectivity index (χ3n) is 1.86. The molecular formula is C16H26N4P2. The topological polar surface area (TPSA) is 49.4 Å². The summed E-state index contributed by atoms with van der Waals surface area (Å²) in [5, 5.41) is 0. The maximum atomic E-state index is 4.02. The van der Waals surface area contributed by atoms with Crippen molar-refractivity contribution in [3.63, 3.8) is 0 Å². The van der Waals surface area contributed by atoms with Crippen LogP contribution in [0.2, 0.25) is 0 Å². The molecule has 0 saturated carbocycles. The number of hydrogen-bond donors (Lipinski definition) is 0. The molecule has 0 aliphatic carbocycles. The van der Waals surface area contributed by atoms with Crippen LogP contribution in [0, 0.1) is 0 Å². The molecule has 0 aliphatic heterocycles. The molecule has 0 unspecified atom stereocenters. The summed E-state index contributed by atoms with van der Waals surface area (Å²) < 4.78 is 0. The van der Waals surface area contributed by atoms with Crippen molar-refractivity contribution < 1.29 is 0 Å². The average molecular weight is 336 g/mol. The largest absolute Gasteiger partial charge is 0.262 e. The van der Waals surface area contributed by atoms with E-state index in [9.17, 15) is 0 Å². The molecule has 0 saturated heterocycles. The standard InChI is InChI=1S/2C8H13N2P/c2*1-5-9-7(3)11-8(4)10-6-2/h2*5-6,11H,1-2H2,3-4H3. The maximum Gasteiger partial charge on any atom is 0.0403 e. The van der Waals surface area contributed by atoms with E-state index in [1.54, 1.807) is 24.8 Å². The lowest BCUT2D eigenvalue weighted by molar-refractivity contribution is 1.58. The molecule has 0 spiro atoms. The van der Waals surface area contributed by atoms with Gasteiger partial charge in [0.1, 0.15) is 0 Å². The lowest BCUT2D eigenvalue weighted by Gasteiger charge is -1.96. The SMILES string of the molecule is C=CN=C(C)PC(C)=NC=C.C=CN=C(C)PC(C)=NC=C. The van der Waals surface area contributed by atoms with Gasteiger partial charge in [-0.25, -0.2) is 0 Å². The first-order valence-electron chi connectivity index (χ1n) is 6.56. The van der Waals surface area contributed by atoms with Crippen molar-refractivity contribution in [2.24, 2.45) is 20.0 Å². The molecule has 6 heteroatoms. The highest BCUT2D eigenvalue weighted by Crippen LogP contribution is 2.15. The summed E-state index contributed by atoms with van der Waals surface area (Å²) in [6, 6.07) is 0. The van der Waals surface area contributed by atoms with Crippen molar-refractivity contribution in [3.8, 4) is 0 Å². The Bertz CT molecular complexity index is 410. The van der Waals surface area contributed by atoms with Gasteiger partial charge in [-0.05, 0) is 44.9 Å². The molecule has 0 amide bonds. The van der Waals surface area contributed by atoms with Gasteiger partial charge in [0.25, 0.3) is 0 Å². The van der Waals surface area contributed by atoms with Crippen molar-refractivity contribution in [2.75, 3.05) is 0 Å². The summed E-state index contributed by atoms with van der Waals surface area (Å²) in [7, 11) is 1.10. The summed E-state index contributed by atoms with van der Waals surface area (Å²) in [6.07, 6.45) is 6.18. The highest BCUT2D eigenvalue weighted by molar-refractivity contribution is 7.74. The van der Waals surface area contributed by atoms with Crippen LogP contribution in [0.15, 0.2) is 71.1 Å². The van der Waals surface area contributed by atoms with Gasteiger partial charge in [0.2, 0.25) is 0 Å². The van der Waals surface area contributed by atoms with Gasteiger partial charge in [0, 0.05) is 46.6 Å². The molecule has 0 atom stereocenters. The van der Waals surface area contributed by atoms with Crippen molar-refractivity contribution >= 4 is 39.0 Å². The van der Waals surface area contributed by atoms with E-state index in [4.69, 9.17) is 0 Å². The molecule has 0 rings (SSSR count). The van der Waals surface area contributed by atoms with E-state index in [0.717, 1.165) is 21.8 Å². The fourth-order valence-electron chi connectivity index (χ4n) is 1.20. The summed E-state index contributed by atoms with van der Waals surface area (Å²) in [5.41, 5.74) is 4.18. The predicted molar refractivity (Wildman–Crippen MR) is 110 cm³/mol. The quantitative estimate of drug-likeness (QED) is 0.410. The highest BCUT2D eigenvalue weighted by atomic mass is 31.1. The van der Waals surface area contributed by atoms with Crippen LogP contribution in [0.1, 0.15) is 27.7 Å². The third-order valence-corrected chi connectivity index (χ3v) is 3.83. The molecule has 0 aliphatic rings. The normalized spacial score (nSPS) is 14.0. The second kappa shape index (κ2) is 15.9. The van der Waals surface area contributed by atoms with Gasteiger partial charge in [0.15, 0.2) is 0 Å². The van der Waals surface area contributed by atoms with Crippen molar-refractivity contribution in [2.45, 2.75) is 27.7 Å². The fourth-order valence-corrected chi connectivity index (χ4v) is 2.87. The van der Waals surface area contributed by atoms with Crippen LogP contribution < -0.4 is 0 Å². The first-order chi connectivity index (χ1) is 10.4. The molecule has 120 valence electrons. The van der Waals surface area contributed by atoms with Crippen molar-refractivity contribution in [1.82, 2.24) is 0 Å². The number of hydrogen-bond acceptors (Lipinski definition) is 4. The second-order valence-corrected chi connectivity index (χ2v) is 7.23. The molecule has 0 heterocycles. The predicted octanol–water partition coefficient (Wildman–Crippen LogP) is 5.58. The van der Waals surface area contributed by atoms with Gasteiger partial charge in [-0.15, -0.1) is 0 Å². The summed E-state index contributed by atoms with van der Waals surface area (Å²) in [4.78, 5) is 16.1.